The molecule has 0 radical (unpaired) electrons. The molecule has 2 heterocycles. The first-order chi connectivity index (χ1) is 10.3. The van der Waals surface area contributed by atoms with Crippen molar-refractivity contribution in [3.8, 4) is 6.07 Å². The molecule has 0 spiro atoms. The number of pyridine rings is 1. The van der Waals surface area contributed by atoms with Crippen LogP contribution < -0.4 is 5.32 Å². The van der Waals surface area contributed by atoms with E-state index in [1.165, 1.54) is 0 Å². The average Bonchev–Trinajstić information content (AvgIpc) is 2.53. The van der Waals surface area contributed by atoms with Crippen LogP contribution in [0.25, 0.3) is 0 Å². The lowest BCUT2D eigenvalue weighted by Gasteiger charge is -2.27. The summed E-state index contributed by atoms with van der Waals surface area (Å²) >= 11 is 1.88. The van der Waals surface area contributed by atoms with Gasteiger partial charge in [-0.3, -0.25) is 9.78 Å². The fourth-order valence-electron chi connectivity index (χ4n) is 2.28. The minimum atomic E-state index is 0.106. The number of nitrogens with zero attached hydrogens (tertiary/aromatic N) is 3. The normalized spacial score (nSPS) is 18.0. The van der Waals surface area contributed by atoms with Gasteiger partial charge in [0, 0.05) is 56.0 Å². The zero-order chi connectivity index (χ0) is 14.9. The Bertz CT molecular complexity index is 482. The van der Waals surface area contributed by atoms with Gasteiger partial charge in [-0.25, -0.2) is 0 Å². The molecule has 2 rings (SSSR count). The lowest BCUT2D eigenvalue weighted by Crippen LogP contribution is -2.42. The number of carbonyl (C=O) groups is 1. The maximum Gasteiger partial charge on any atom is 0.224 e. The summed E-state index contributed by atoms with van der Waals surface area (Å²) in [6.45, 7) is 1.96. The number of aromatic nitrogens is 1. The summed E-state index contributed by atoms with van der Waals surface area (Å²) in [6, 6.07) is 6.17. The number of rotatable bonds is 6. The van der Waals surface area contributed by atoms with E-state index < -0.39 is 0 Å². The Morgan fingerprint density at radius 1 is 1.62 bits per heavy atom. The second kappa shape index (κ2) is 8.65. The first kappa shape index (κ1) is 15.8. The molecule has 1 atom stereocenters. The second-order valence-corrected chi connectivity index (χ2v) is 6.16. The predicted octanol–water partition coefficient (Wildman–Crippen LogP) is 1.42. The molecule has 6 heteroatoms. The second-order valence-electron chi connectivity index (χ2n) is 5.01. The number of carbonyl (C=O) groups excluding carboxylic acids is 1. The summed E-state index contributed by atoms with van der Waals surface area (Å²) in [6.07, 6.45) is 4.34. The lowest BCUT2D eigenvalue weighted by atomic mass is 10.2. The topological polar surface area (TPSA) is 69.0 Å². The number of hydrogen-bond acceptors (Lipinski definition) is 5. The van der Waals surface area contributed by atoms with E-state index in [-0.39, 0.29) is 11.9 Å². The molecule has 1 amide bonds. The van der Waals surface area contributed by atoms with Crippen molar-refractivity contribution in [1.82, 2.24) is 15.2 Å². The van der Waals surface area contributed by atoms with Crippen LogP contribution in [0.1, 0.15) is 18.4 Å². The monoisotopic (exact) mass is 304 g/mol. The first-order valence-corrected chi connectivity index (χ1v) is 8.30. The zero-order valence-electron chi connectivity index (χ0n) is 12.0. The van der Waals surface area contributed by atoms with E-state index in [4.69, 9.17) is 5.26 Å². The number of thioether (sulfide) groups is 1. The van der Waals surface area contributed by atoms with E-state index in [1.807, 2.05) is 23.9 Å². The van der Waals surface area contributed by atoms with Crippen molar-refractivity contribution in [2.75, 3.05) is 24.6 Å². The van der Waals surface area contributed by atoms with Gasteiger partial charge in [-0.15, -0.1) is 0 Å². The summed E-state index contributed by atoms with van der Waals surface area (Å²) in [5.41, 5.74) is 0.995. The summed E-state index contributed by atoms with van der Waals surface area (Å²) in [5.74, 6) is 2.19. The molecule has 0 saturated carbocycles. The molecule has 1 aromatic heterocycles. The number of hydrogen-bond donors (Lipinski definition) is 1. The molecule has 0 aliphatic carbocycles. The number of nitriles is 1. The van der Waals surface area contributed by atoms with Crippen LogP contribution in [-0.2, 0) is 11.3 Å². The molecular formula is C15H20N4OS. The Kier molecular flexibility index (Phi) is 6.51. The van der Waals surface area contributed by atoms with Crippen LogP contribution >= 0.6 is 11.8 Å². The van der Waals surface area contributed by atoms with Gasteiger partial charge in [0.1, 0.15) is 0 Å². The van der Waals surface area contributed by atoms with E-state index in [2.05, 4.69) is 16.4 Å². The number of nitrogens with one attached hydrogen (secondary N) is 1. The van der Waals surface area contributed by atoms with Crippen LogP contribution in [0.4, 0.5) is 0 Å². The molecule has 1 aliphatic rings. The molecule has 5 nitrogen and oxygen atoms in total. The van der Waals surface area contributed by atoms with Crippen molar-refractivity contribution >= 4 is 17.7 Å². The molecule has 0 aromatic carbocycles. The maximum atomic E-state index is 12.5. The zero-order valence-corrected chi connectivity index (χ0v) is 12.8. The van der Waals surface area contributed by atoms with Gasteiger partial charge >= 0.3 is 0 Å². The van der Waals surface area contributed by atoms with Crippen molar-refractivity contribution in [3.63, 3.8) is 0 Å². The van der Waals surface area contributed by atoms with Crippen molar-refractivity contribution in [2.45, 2.75) is 25.4 Å². The van der Waals surface area contributed by atoms with E-state index >= 15 is 0 Å². The summed E-state index contributed by atoms with van der Waals surface area (Å²) in [4.78, 5) is 18.3. The Morgan fingerprint density at radius 2 is 2.52 bits per heavy atom. The van der Waals surface area contributed by atoms with Gasteiger partial charge in [0.2, 0.25) is 5.91 Å². The quantitative estimate of drug-likeness (QED) is 0.861. The van der Waals surface area contributed by atoms with Crippen molar-refractivity contribution in [1.29, 1.82) is 5.26 Å². The largest absolute Gasteiger partial charge is 0.337 e. The van der Waals surface area contributed by atoms with Crippen LogP contribution in [-0.4, -0.2) is 46.4 Å². The SMILES string of the molecule is N#CCCN(Cc1cccnc1)C(=O)CC1CSCCN1. The predicted molar refractivity (Wildman–Crippen MR) is 83.6 cm³/mol. The maximum absolute atomic E-state index is 12.5. The van der Waals surface area contributed by atoms with Crippen molar-refractivity contribution in [2.24, 2.45) is 0 Å². The summed E-state index contributed by atoms with van der Waals surface area (Å²) < 4.78 is 0. The summed E-state index contributed by atoms with van der Waals surface area (Å²) in [7, 11) is 0. The Labute approximate surface area is 129 Å². The average molecular weight is 304 g/mol. The van der Waals surface area contributed by atoms with Gasteiger partial charge in [-0.2, -0.15) is 17.0 Å². The highest BCUT2D eigenvalue weighted by Gasteiger charge is 2.21. The van der Waals surface area contributed by atoms with Gasteiger partial charge in [0.25, 0.3) is 0 Å². The minimum absolute atomic E-state index is 0.106. The minimum Gasteiger partial charge on any atom is -0.337 e. The third-order valence-corrected chi connectivity index (χ3v) is 4.49. The highest BCUT2D eigenvalue weighted by molar-refractivity contribution is 7.99. The molecule has 1 aromatic rings. The third-order valence-electron chi connectivity index (χ3n) is 3.36. The van der Waals surface area contributed by atoms with Crippen molar-refractivity contribution < 1.29 is 4.79 Å². The van der Waals surface area contributed by atoms with Gasteiger partial charge in [-0.1, -0.05) is 6.07 Å². The fourth-order valence-corrected chi connectivity index (χ4v) is 3.23. The van der Waals surface area contributed by atoms with E-state index in [1.54, 1.807) is 17.3 Å². The molecule has 1 aliphatic heterocycles. The Hall–Kier alpha value is -1.58. The van der Waals surface area contributed by atoms with E-state index in [0.29, 0.717) is 25.9 Å². The van der Waals surface area contributed by atoms with Crippen molar-refractivity contribution in [3.05, 3.63) is 30.1 Å². The van der Waals surface area contributed by atoms with Crippen LogP contribution in [0.15, 0.2) is 24.5 Å². The third kappa shape index (κ3) is 5.37. The van der Waals surface area contributed by atoms with Gasteiger partial charge in [0.15, 0.2) is 0 Å². The number of amides is 1. The molecule has 0 bridgehead atoms. The highest BCUT2D eigenvalue weighted by atomic mass is 32.2. The lowest BCUT2D eigenvalue weighted by molar-refractivity contribution is -0.132. The van der Waals surface area contributed by atoms with Crippen LogP contribution in [0, 0.1) is 11.3 Å². The van der Waals surface area contributed by atoms with Crippen LogP contribution in [0.5, 0.6) is 0 Å². The van der Waals surface area contributed by atoms with Crippen LogP contribution in [0.3, 0.4) is 0 Å². The standard InChI is InChI=1S/C15H20N4OS/c16-4-2-7-19(11-13-3-1-5-17-10-13)15(20)9-14-12-21-8-6-18-14/h1,3,5,10,14,18H,2,6-9,11-12H2. The van der Waals surface area contributed by atoms with E-state index in [0.717, 1.165) is 23.6 Å². The molecule has 1 unspecified atom stereocenters. The molecule has 112 valence electrons. The Morgan fingerprint density at radius 3 is 3.19 bits per heavy atom. The Balaban J connectivity index is 1.94. The first-order valence-electron chi connectivity index (χ1n) is 7.14. The van der Waals surface area contributed by atoms with Gasteiger partial charge < -0.3 is 10.2 Å². The van der Waals surface area contributed by atoms with Crippen LogP contribution in [0.2, 0.25) is 0 Å². The molecule has 1 N–H and O–H groups in total. The molecule has 1 fully saturated rings. The van der Waals surface area contributed by atoms with Gasteiger partial charge in [0.05, 0.1) is 12.5 Å². The smallest absolute Gasteiger partial charge is 0.224 e. The van der Waals surface area contributed by atoms with Gasteiger partial charge in [-0.05, 0) is 11.6 Å². The molecule has 1 saturated heterocycles. The summed E-state index contributed by atoms with van der Waals surface area (Å²) in [5, 5.41) is 12.1. The fraction of sp³-hybridized carbons (Fsp3) is 0.533. The highest BCUT2D eigenvalue weighted by Crippen LogP contribution is 2.13. The van der Waals surface area contributed by atoms with E-state index in [9.17, 15) is 4.79 Å². The molecular weight excluding hydrogens is 284 g/mol. The molecule has 21 heavy (non-hydrogen) atoms.